The van der Waals surface area contributed by atoms with Crippen molar-refractivity contribution in [1.29, 1.82) is 10.5 Å². The Hall–Kier alpha value is -3.33. The number of aryl methyl sites for hydroxylation is 1. The summed E-state index contributed by atoms with van der Waals surface area (Å²) in [6.07, 6.45) is 3.14. The van der Waals surface area contributed by atoms with Gasteiger partial charge >= 0.3 is 0 Å². The Morgan fingerprint density at radius 1 is 1.22 bits per heavy atom. The van der Waals surface area contributed by atoms with Gasteiger partial charge in [0, 0.05) is 13.1 Å². The standard InChI is InChI=1S/C24H24FN5O2/c25-20-5-6-21(28-12-20)13-30-10-9-23(15-30,22(31)29-24(14-27)16-32-17-24)8-7-18-1-3-19(11-26)4-2-18/h1-6,12H,7-10,13,15-17H2,(H,29,31)/t23-/m1/s1. The molecular weight excluding hydrogens is 409 g/mol. The maximum atomic E-state index is 13.4. The van der Waals surface area contributed by atoms with E-state index < -0.39 is 11.0 Å². The molecule has 2 aliphatic heterocycles. The van der Waals surface area contributed by atoms with Crippen molar-refractivity contribution >= 4 is 5.91 Å². The van der Waals surface area contributed by atoms with Crippen LogP contribution in [0.4, 0.5) is 4.39 Å². The fraction of sp³-hybridized carbons (Fsp3) is 0.417. The molecule has 8 heteroatoms. The van der Waals surface area contributed by atoms with Crippen molar-refractivity contribution < 1.29 is 13.9 Å². The Morgan fingerprint density at radius 2 is 2.00 bits per heavy atom. The second kappa shape index (κ2) is 9.04. The Morgan fingerprint density at radius 3 is 2.59 bits per heavy atom. The van der Waals surface area contributed by atoms with Crippen LogP contribution in [0.2, 0.25) is 0 Å². The number of nitrogens with one attached hydrogen (secondary N) is 1. The molecule has 3 heterocycles. The lowest BCUT2D eigenvalue weighted by Gasteiger charge is -2.39. The van der Waals surface area contributed by atoms with Gasteiger partial charge in [-0.2, -0.15) is 10.5 Å². The summed E-state index contributed by atoms with van der Waals surface area (Å²) in [6, 6.07) is 14.7. The molecule has 0 saturated carbocycles. The number of carbonyl (C=O) groups excluding carboxylic acids is 1. The predicted molar refractivity (Wildman–Crippen MR) is 113 cm³/mol. The predicted octanol–water partition coefficient (Wildman–Crippen LogP) is 2.33. The van der Waals surface area contributed by atoms with Gasteiger partial charge in [0.15, 0.2) is 5.54 Å². The van der Waals surface area contributed by atoms with E-state index in [4.69, 9.17) is 10.00 Å². The zero-order valence-corrected chi connectivity index (χ0v) is 17.7. The van der Waals surface area contributed by atoms with Gasteiger partial charge in [-0.1, -0.05) is 12.1 Å². The topological polar surface area (TPSA) is 102 Å². The first kappa shape index (κ1) is 21.9. The number of carbonyl (C=O) groups is 1. The third-order valence-electron chi connectivity index (χ3n) is 6.33. The summed E-state index contributed by atoms with van der Waals surface area (Å²) in [7, 11) is 0. The van der Waals surface area contributed by atoms with Crippen LogP contribution in [0.5, 0.6) is 0 Å². The van der Waals surface area contributed by atoms with E-state index in [0.29, 0.717) is 44.5 Å². The van der Waals surface area contributed by atoms with E-state index in [9.17, 15) is 14.4 Å². The minimum atomic E-state index is -0.954. The molecule has 1 N–H and O–H groups in total. The minimum absolute atomic E-state index is 0.134. The summed E-state index contributed by atoms with van der Waals surface area (Å²) in [5.41, 5.74) is 0.783. The van der Waals surface area contributed by atoms with Gasteiger partial charge in [0.2, 0.25) is 5.91 Å². The summed E-state index contributed by atoms with van der Waals surface area (Å²) in [5.74, 6) is -0.513. The van der Waals surface area contributed by atoms with Gasteiger partial charge in [0.05, 0.1) is 48.2 Å². The van der Waals surface area contributed by atoms with Crippen molar-refractivity contribution in [3.63, 3.8) is 0 Å². The molecule has 1 amide bonds. The van der Waals surface area contributed by atoms with Crippen molar-refractivity contribution in [3.05, 3.63) is 65.2 Å². The van der Waals surface area contributed by atoms with Crippen LogP contribution in [0, 0.1) is 33.9 Å². The Bertz CT molecular complexity index is 1050. The number of benzene rings is 1. The number of pyridine rings is 1. The lowest BCUT2D eigenvalue weighted by molar-refractivity contribution is -0.138. The van der Waals surface area contributed by atoms with Crippen LogP contribution in [0.15, 0.2) is 42.6 Å². The summed E-state index contributed by atoms with van der Waals surface area (Å²) in [6.45, 7) is 2.15. The van der Waals surface area contributed by atoms with E-state index >= 15 is 0 Å². The fourth-order valence-electron chi connectivity index (χ4n) is 4.28. The third-order valence-corrected chi connectivity index (χ3v) is 6.33. The van der Waals surface area contributed by atoms with Gasteiger partial charge in [-0.3, -0.25) is 14.7 Å². The zero-order valence-electron chi connectivity index (χ0n) is 17.7. The van der Waals surface area contributed by atoms with Gasteiger partial charge < -0.3 is 10.1 Å². The molecule has 1 aromatic carbocycles. The monoisotopic (exact) mass is 433 g/mol. The number of hydrogen-bond acceptors (Lipinski definition) is 6. The molecule has 2 saturated heterocycles. The van der Waals surface area contributed by atoms with Crippen molar-refractivity contribution in [2.75, 3.05) is 26.3 Å². The molecular formula is C24H24FN5O2. The maximum Gasteiger partial charge on any atom is 0.228 e. The number of amides is 1. The average molecular weight is 433 g/mol. The summed E-state index contributed by atoms with van der Waals surface area (Å²) >= 11 is 0. The van der Waals surface area contributed by atoms with Crippen LogP contribution in [-0.4, -0.2) is 47.6 Å². The summed E-state index contributed by atoms with van der Waals surface area (Å²) < 4.78 is 18.4. The van der Waals surface area contributed by atoms with Crippen LogP contribution >= 0.6 is 0 Å². The van der Waals surface area contributed by atoms with Crippen LogP contribution in [-0.2, 0) is 22.5 Å². The third kappa shape index (κ3) is 4.62. The molecule has 4 rings (SSSR count). The van der Waals surface area contributed by atoms with Crippen molar-refractivity contribution in [1.82, 2.24) is 15.2 Å². The van der Waals surface area contributed by atoms with Gasteiger partial charge in [-0.05, 0) is 55.6 Å². The number of nitrogens with zero attached hydrogens (tertiary/aromatic N) is 4. The van der Waals surface area contributed by atoms with Gasteiger partial charge in [-0.25, -0.2) is 4.39 Å². The first-order valence-corrected chi connectivity index (χ1v) is 10.6. The molecule has 0 spiro atoms. The van der Waals surface area contributed by atoms with Crippen molar-refractivity contribution in [3.8, 4) is 12.1 Å². The second-order valence-electron chi connectivity index (χ2n) is 8.66. The van der Waals surface area contributed by atoms with E-state index in [1.54, 1.807) is 18.2 Å². The molecule has 0 bridgehead atoms. The van der Waals surface area contributed by atoms with E-state index in [1.807, 2.05) is 12.1 Å². The smallest absolute Gasteiger partial charge is 0.228 e. The van der Waals surface area contributed by atoms with Crippen molar-refractivity contribution in [2.24, 2.45) is 5.41 Å². The molecule has 1 aromatic heterocycles. The number of ether oxygens (including phenoxy) is 1. The molecule has 1 atom stereocenters. The normalized spacial score (nSPS) is 21.8. The molecule has 164 valence electrons. The second-order valence-corrected chi connectivity index (χ2v) is 8.66. The largest absolute Gasteiger partial charge is 0.374 e. The quantitative estimate of drug-likeness (QED) is 0.719. The summed E-state index contributed by atoms with van der Waals surface area (Å²) in [4.78, 5) is 19.7. The number of hydrogen-bond donors (Lipinski definition) is 1. The van der Waals surface area contributed by atoms with Crippen LogP contribution in [0.3, 0.4) is 0 Å². The highest BCUT2D eigenvalue weighted by atomic mass is 19.1. The lowest BCUT2D eigenvalue weighted by Crippen LogP contribution is -2.64. The summed E-state index contributed by atoms with van der Waals surface area (Å²) in [5, 5.41) is 21.5. The molecule has 0 aliphatic carbocycles. The number of aromatic nitrogens is 1. The van der Waals surface area contributed by atoms with Gasteiger partial charge in [0.25, 0.3) is 0 Å². The first-order chi connectivity index (χ1) is 15.5. The van der Waals surface area contributed by atoms with Crippen LogP contribution < -0.4 is 5.32 Å². The molecule has 0 radical (unpaired) electrons. The van der Waals surface area contributed by atoms with E-state index in [2.05, 4.69) is 27.3 Å². The Balaban J connectivity index is 1.49. The fourth-order valence-corrected chi connectivity index (χ4v) is 4.28. The number of halogens is 1. The van der Waals surface area contributed by atoms with Crippen LogP contribution in [0.25, 0.3) is 0 Å². The number of nitriles is 2. The maximum absolute atomic E-state index is 13.4. The van der Waals surface area contributed by atoms with Crippen LogP contribution in [0.1, 0.15) is 29.7 Å². The average Bonchev–Trinajstić information content (AvgIpc) is 3.21. The molecule has 7 nitrogen and oxygen atoms in total. The first-order valence-electron chi connectivity index (χ1n) is 10.6. The van der Waals surface area contributed by atoms with E-state index in [-0.39, 0.29) is 24.9 Å². The molecule has 2 fully saturated rings. The van der Waals surface area contributed by atoms with Gasteiger partial charge in [-0.15, -0.1) is 0 Å². The molecule has 2 aromatic rings. The minimum Gasteiger partial charge on any atom is -0.374 e. The number of rotatable bonds is 7. The van der Waals surface area contributed by atoms with E-state index in [0.717, 1.165) is 11.3 Å². The zero-order chi connectivity index (χ0) is 22.6. The lowest BCUT2D eigenvalue weighted by atomic mass is 9.79. The Labute approximate surface area is 186 Å². The van der Waals surface area contributed by atoms with Gasteiger partial charge in [0.1, 0.15) is 5.82 Å². The highest BCUT2D eigenvalue weighted by Crippen LogP contribution is 2.37. The van der Waals surface area contributed by atoms with E-state index in [1.165, 1.54) is 12.3 Å². The molecule has 32 heavy (non-hydrogen) atoms. The highest BCUT2D eigenvalue weighted by molar-refractivity contribution is 5.84. The Kier molecular flexibility index (Phi) is 6.18. The molecule has 2 aliphatic rings. The number of likely N-dealkylation sites (tertiary alicyclic amines) is 1. The highest BCUT2D eigenvalue weighted by Gasteiger charge is 2.49. The molecule has 0 unspecified atom stereocenters. The van der Waals surface area contributed by atoms with Crippen molar-refractivity contribution in [2.45, 2.75) is 31.3 Å². The SMILES string of the molecule is N#Cc1ccc(CC[C@@]2(C(=O)NC3(C#N)COC3)CCN(Cc3ccc(F)cn3)C2)cc1.